The number of nitro groups is 1. The number of hydrogen-bond acceptors (Lipinski definition) is 6. The van der Waals surface area contributed by atoms with Gasteiger partial charge in [-0.2, -0.15) is 4.99 Å². The number of benzene rings is 2. The Kier molecular flexibility index (Phi) is 5.25. The summed E-state index contributed by atoms with van der Waals surface area (Å²) >= 11 is 1.12. The van der Waals surface area contributed by atoms with E-state index in [4.69, 9.17) is 0 Å². The minimum absolute atomic E-state index is 0.119. The molecule has 0 saturated carbocycles. The van der Waals surface area contributed by atoms with Gasteiger partial charge in [-0.3, -0.25) is 14.9 Å². The van der Waals surface area contributed by atoms with Gasteiger partial charge >= 0.3 is 0 Å². The molecule has 0 N–H and O–H groups in total. The number of para-hydroxylation sites is 1. The molecule has 0 unspecified atom stereocenters. The highest BCUT2D eigenvalue weighted by Gasteiger charge is 2.19. The summed E-state index contributed by atoms with van der Waals surface area (Å²) in [5.41, 5.74) is 0.241. The zero-order valence-electron chi connectivity index (χ0n) is 14.7. The molecule has 0 radical (unpaired) electrons. The van der Waals surface area contributed by atoms with Crippen LogP contribution in [0.1, 0.15) is 10.4 Å². The van der Waals surface area contributed by atoms with Gasteiger partial charge in [0.15, 0.2) is 14.6 Å². The van der Waals surface area contributed by atoms with Crippen molar-refractivity contribution in [3.63, 3.8) is 0 Å². The van der Waals surface area contributed by atoms with Crippen molar-refractivity contribution < 1.29 is 18.1 Å². The number of allylic oxidation sites excluding steroid dienone is 1. The van der Waals surface area contributed by atoms with Gasteiger partial charge in [0.25, 0.3) is 11.6 Å². The summed E-state index contributed by atoms with van der Waals surface area (Å²) in [4.78, 5) is 27.6. The van der Waals surface area contributed by atoms with E-state index in [9.17, 15) is 23.3 Å². The SMILES string of the molecule is C=CCn1/c(=N\C(=O)c2ccccc2[N+](=O)[O-])sc2cc(S(C)(=O)=O)ccc21. The van der Waals surface area contributed by atoms with Gasteiger partial charge in [-0.15, -0.1) is 6.58 Å². The van der Waals surface area contributed by atoms with Gasteiger partial charge in [-0.25, -0.2) is 8.42 Å². The van der Waals surface area contributed by atoms with Gasteiger partial charge in [-0.1, -0.05) is 29.5 Å². The molecule has 0 aliphatic heterocycles. The molecule has 3 rings (SSSR count). The predicted molar refractivity (Wildman–Crippen MR) is 106 cm³/mol. The van der Waals surface area contributed by atoms with Crippen LogP contribution in [0.5, 0.6) is 0 Å². The molecule has 3 aromatic rings. The first-order chi connectivity index (χ1) is 13.2. The number of sulfone groups is 1. The minimum Gasteiger partial charge on any atom is -0.312 e. The van der Waals surface area contributed by atoms with E-state index in [1.807, 2.05) is 0 Å². The van der Waals surface area contributed by atoms with Crippen LogP contribution in [0.25, 0.3) is 10.2 Å². The topological polar surface area (TPSA) is 112 Å². The normalized spacial score (nSPS) is 12.2. The van der Waals surface area contributed by atoms with Crippen molar-refractivity contribution in [2.75, 3.05) is 6.26 Å². The molecule has 0 aliphatic carbocycles. The van der Waals surface area contributed by atoms with E-state index in [0.717, 1.165) is 17.6 Å². The second-order valence-electron chi connectivity index (χ2n) is 5.88. The smallest absolute Gasteiger partial charge is 0.286 e. The summed E-state index contributed by atoms with van der Waals surface area (Å²) in [6.07, 6.45) is 2.73. The molecule has 1 heterocycles. The maximum Gasteiger partial charge on any atom is 0.286 e. The number of thiazole rings is 1. The van der Waals surface area contributed by atoms with E-state index in [-0.39, 0.29) is 16.1 Å². The van der Waals surface area contributed by atoms with Crippen molar-refractivity contribution >= 4 is 43.0 Å². The molecule has 0 aliphatic rings. The molecule has 0 bridgehead atoms. The van der Waals surface area contributed by atoms with Crippen LogP contribution in [-0.2, 0) is 16.4 Å². The Morgan fingerprint density at radius 3 is 2.68 bits per heavy atom. The number of rotatable bonds is 5. The Morgan fingerprint density at radius 1 is 1.32 bits per heavy atom. The fourth-order valence-electron chi connectivity index (χ4n) is 2.64. The van der Waals surface area contributed by atoms with Crippen LogP contribution in [0, 0.1) is 10.1 Å². The first kappa shape index (κ1) is 19.6. The van der Waals surface area contributed by atoms with Gasteiger partial charge in [-0.05, 0) is 24.3 Å². The maximum atomic E-state index is 12.6. The number of hydrogen-bond donors (Lipinski definition) is 0. The lowest BCUT2D eigenvalue weighted by Crippen LogP contribution is -2.16. The summed E-state index contributed by atoms with van der Waals surface area (Å²) in [6, 6.07) is 10.2. The van der Waals surface area contributed by atoms with Gasteiger partial charge in [0.2, 0.25) is 0 Å². The molecule has 0 saturated heterocycles. The molecule has 28 heavy (non-hydrogen) atoms. The number of fused-ring (bicyclic) bond motifs is 1. The van der Waals surface area contributed by atoms with E-state index in [2.05, 4.69) is 11.6 Å². The third-order valence-electron chi connectivity index (χ3n) is 3.92. The molecule has 8 nitrogen and oxygen atoms in total. The van der Waals surface area contributed by atoms with Crippen LogP contribution in [0.2, 0.25) is 0 Å². The second kappa shape index (κ2) is 7.49. The number of carbonyl (C=O) groups excluding carboxylic acids is 1. The number of amides is 1. The van der Waals surface area contributed by atoms with Crippen molar-refractivity contribution in [2.24, 2.45) is 4.99 Å². The zero-order chi connectivity index (χ0) is 20.5. The zero-order valence-corrected chi connectivity index (χ0v) is 16.4. The Labute approximate surface area is 164 Å². The van der Waals surface area contributed by atoms with E-state index in [1.54, 1.807) is 16.7 Å². The Morgan fingerprint density at radius 2 is 2.04 bits per heavy atom. The highest BCUT2D eigenvalue weighted by atomic mass is 32.2. The molecule has 0 atom stereocenters. The molecule has 144 valence electrons. The third-order valence-corrected chi connectivity index (χ3v) is 6.07. The van der Waals surface area contributed by atoms with Gasteiger partial charge in [0.05, 0.1) is 20.0 Å². The molecule has 1 aromatic heterocycles. The molecule has 0 spiro atoms. The van der Waals surface area contributed by atoms with Crippen LogP contribution in [0.4, 0.5) is 5.69 Å². The Balaban J connectivity index is 2.21. The molecule has 10 heteroatoms. The molecular formula is C18H15N3O5S2. The molecule has 0 fully saturated rings. The van der Waals surface area contributed by atoms with Crippen molar-refractivity contribution in [1.82, 2.24) is 4.57 Å². The van der Waals surface area contributed by atoms with Crippen LogP contribution >= 0.6 is 11.3 Å². The Bertz CT molecular complexity index is 1290. The van der Waals surface area contributed by atoms with Crippen LogP contribution < -0.4 is 4.80 Å². The summed E-state index contributed by atoms with van der Waals surface area (Å²) in [7, 11) is -3.39. The van der Waals surface area contributed by atoms with Crippen molar-refractivity contribution in [1.29, 1.82) is 0 Å². The summed E-state index contributed by atoms with van der Waals surface area (Å²) < 4.78 is 25.9. The fraction of sp³-hybridized carbons (Fsp3) is 0.111. The number of nitro benzene ring substituents is 1. The van der Waals surface area contributed by atoms with Crippen molar-refractivity contribution in [3.8, 4) is 0 Å². The number of carbonyl (C=O) groups is 1. The lowest BCUT2D eigenvalue weighted by Gasteiger charge is -2.02. The number of nitrogens with zero attached hydrogens (tertiary/aromatic N) is 3. The van der Waals surface area contributed by atoms with E-state index in [1.165, 1.54) is 36.4 Å². The summed E-state index contributed by atoms with van der Waals surface area (Å²) in [5, 5.41) is 11.2. The second-order valence-corrected chi connectivity index (χ2v) is 8.90. The van der Waals surface area contributed by atoms with Crippen LogP contribution in [0.15, 0.2) is 65.0 Å². The molecule has 2 aromatic carbocycles. The average molecular weight is 417 g/mol. The van der Waals surface area contributed by atoms with Crippen LogP contribution in [-0.4, -0.2) is 30.1 Å². The van der Waals surface area contributed by atoms with Gasteiger partial charge in [0, 0.05) is 18.9 Å². The largest absolute Gasteiger partial charge is 0.312 e. The quantitative estimate of drug-likeness (QED) is 0.360. The third kappa shape index (κ3) is 3.78. The lowest BCUT2D eigenvalue weighted by molar-refractivity contribution is -0.385. The maximum absolute atomic E-state index is 12.6. The van der Waals surface area contributed by atoms with E-state index in [0.29, 0.717) is 21.6 Å². The monoisotopic (exact) mass is 417 g/mol. The first-order valence-corrected chi connectivity index (χ1v) is 10.7. The highest BCUT2D eigenvalue weighted by molar-refractivity contribution is 7.90. The minimum atomic E-state index is -3.39. The summed E-state index contributed by atoms with van der Waals surface area (Å²) in [6.45, 7) is 4.02. The van der Waals surface area contributed by atoms with E-state index < -0.39 is 20.7 Å². The van der Waals surface area contributed by atoms with Crippen LogP contribution in [0.3, 0.4) is 0 Å². The molecule has 1 amide bonds. The average Bonchev–Trinajstić information content (AvgIpc) is 2.97. The van der Waals surface area contributed by atoms with Crippen molar-refractivity contribution in [3.05, 3.63) is 75.6 Å². The lowest BCUT2D eigenvalue weighted by atomic mass is 10.2. The fourth-order valence-corrected chi connectivity index (χ4v) is 4.43. The Hall–Kier alpha value is -3.11. The van der Waals surface area contributed by atoms with Crippen molar-refractivity contribution in [2.45, 2.75) is 11.4 Å². The highest BCUT2D eigenvalue weighted by Crippen LogP contribution is 2.23. The van der Waals surface area contributed by atoms with Gasteiger partial charge < -0.3 is 4.57 Å². The first-order valence-electron chi connectivity index (χ1n) is 7.99. The molecular weight excluding hydrogens is 402 g/mol. The standard InChI is InChI=1S/C18H15N3O5S2/c1-3-10-20-15-9-8-12(28(2,25)26)11-16(15)27-18(20)19-17(22)13-6-4-5-7-14(13)21(23)24/h3-9,11H,1,10H2,2H3/b19-18+. The summed E-state index contributed by atoms with van der Waals surface area (Å²) in [5.74, 6) is -0.750. The predicted octanol–water partition coefficient (Wildman–Crippen LogP) is 2.94. The van der Waals surface area contributed by atoms with E-state index >= 15 is 0 Å². The number of aromatic nitrogens is 1. The van der Waals surface area contributed by atoms with Gasteiger partial charge in [0.1, 0.15) is 5.56 Å².